The van der Waals surface area contributed by atoms with E-state index >= 15 is 0 Å². The molecule has 0 amide bonds. The molecule has 1 aliphatic heterocycles. The van der Waals surface area contributed by atoms with E-state index in [1.54, 1.807) is 0 Å². The molecule has 0 spiro atoms. The largest absolute Gasteiger partial charge is 0.379 e. The van der Waals surface area contributed by atoms with Gasteiger partial charge in [-0.1, -0.05) is 0 Å². The quantitative estimate of drug-likeness (QED) is 0.700. The molecule has 0 aromatic carbocycles. The predicted molar refractivity (Wildman–Crippen MR) is 55.0 cm³/mol. The Morgan fingerprint density at radius 1 is 1.43 bits per heavy atom. The van der Waals surface area contributed by atoms with Crippen LogP contribution in [-0.2, 0) is 4.74 Å². The van der Waals surface area contributed by atoms with Crippen molar-refractivity contribution >= 4 is 0 Å². The topological polar surface area (TPSA) is 48.3 Å². The van der Waals surface area contributed by atoms with Gasteiger partial charge < -0.3 is 4.74 Å². The maximum Gasteiger partial charge on any atom is 0.101 e. The summed E-state index contributed by atoms with van der Waals surface area (Å²) in [6, 6.07) is 2.22. The van der Waals surface area contributed by atoms with E-state index in [0.717, 1.165) is 39.4 Å². The molecule has 1 rings (SSSR count). The first kappa shape index (κ1) is 11.4. The van der Waals surface area contributed by atoms with E-state index < -0.39 is 5.54 Å². The van der Waals surface area contributed by atoms with Gasteiger partial charge in [0.2, 0.25) is 0 Å². The first-order chi connectivity index (χ1) is 6.64. The van der Waals surface area contributed by atoms with Crippen LogP contribution in [0.5, 0.6) is 0 Å². The van der Waals surface area contributed by atoms with Crippen molar-refractivity contribution in [1.29, 1.82) is 5.26 Å². The minimum Gasteiger partial charge on any atom is -0.379 e. The predicted octanol–water partition coefficient (Wildman–Crippen LogP) is 0.210. The Labute approximate surface area is 85.8 Å². The van der Waals surface area contributed by atoms with Crippen LogP contribution in [0.1, 0.15) is 13.8 Å². The van der Waals surface area contributed by atoms with Crippen LogP contribution in [0.15, 0.2) is 0 Å². The molecule has 0 atom stereocenters. The van der Waals surface area contributed by atoms with Crippen LogP contribution in [0.25, 0.3) is 0 Å². The molecule has 0 aromatic rings. The molecule has 1 saturated heterocycles. The summed E-state index contributed by atoms with van der Waals surface area (Å²) in [5.41, 5.74) is -0.410. The van der Waals surface area contributed by atoms with Gasteiger partial charge in [-0.2, -0.15) is 5.26 Å². The van der Waals surface area contributed by atoms with Crippen molar-refractivity contribution in [1.82, 2.24) is 10.2 Å². The molecule has 0 unspecified atom stereocenters. The SMILES string of the molecule is CC(C)(C#N)NCCN1CCOCC1. The Hall–Kier alpha value is -0.630. The Kier molecular flexibility index (Phi) is 4.33. The van der Waals surface area contributed by atoms with Gasteiger partial charge in [-0.05, 0) is 13.8 Å². The Balaban J connectivity index is 2.12. The summed E-state index contributed by atoms with van der Waals surface area (Å²) < 4.78 is 5.25. The number of ether oxygens (including phenoxy) is 1. The molecule has 0 aromatic heterocycles. The lowest BCUT2D eigenvalue weighted by atomic mass is 10.1. The molecule has 4 heteroatoms. The fraction of sp³-hybridized carbons (Fsp3) is 0.900. The third-order valence-corrected chi connectivity index (χ3v) is 2.38. The summed E-state index contributed by atoms with van der Waals surface area (Å²) in [5.74, 6) is 0. The second-order valence-electron chi connectivity index (χ2n) is 4.12. The van der Waals surface area contributed by atoms with Crippen LogP contribution in [0.3, 0.4) is 0 Å². The summed E-state index contributed by atoms with van der Waals surface area (Å²) in [4.78, 5) is 2.35. The molecule has 1 aliphatic rings. The average molecular weight is 197 g/mol. The fourth-order valence-electron chi connectivity index (χ4n) is 1.39. The second kappa shape index (κ2) is 5.30. The molecule has 0 radical (unpaired) electrons. The number of morpholine rings is 1. The van der Waals surface area contributed by atoms with Crippen LogP contribution < -0.4 is 5.32 Å². The van der Waals surface area contributed by atoms with Gasteiger partial charge in [0, 0.05) is 26.2 Å². The van der Waals surface area contributed by atoms with Crippen molar-refractivity contribution in [2.45, 2.75) is 19.4 Å². The highest BCUT2D eigenvalue weighted by Gasteiger charge is 2.16. The molecule has 0 saturated carbocycles. The van der Waals surface area contributed by atoms with Crippen molar-refractivity contribution in [2.75, 3.05) is 39.4 Å². The van der Waals surface area contributed by atoms with E-state index in [1.807, 2.05) is 13.8 Å². The van der Waals surface area contributed by atoms with Gasteiger partial charge in [0.25, 0.3) is 0 Å². The van der Waals surface area contributed by atoms with Crippen molar-refractivity contribution in [2.24, 2.45) is 0 Å². The van der Waals surface area contributed by atoms with E-state index in [9.17, 15) is 0 Å². The van der Waals surface area contributed by atoms with Crippen LogP contribution in [0.2, 0.25) is 0 Å². The Bertz CT molecular complexity index is 204. The fourth-order valence-corrected chi connectivity index (χ4v) is 1.39. The third-order valence-electron chi connectivity index (χ3n) is 2.38. The van der Waals surface area contributed by atoms with E-state index in [0.29, 0.717) is 0 Å². The molecule has 4 nitrogen and oxygen atoms in total. The summed E-state index contributed by atoms with van der Waals surface area (Å²) in [6.45, 7) is 9.33. The molecule has 1 heterocycles. The summed E-state index contributed by atoms with van der Waals surface area (Å²) in [7, 11) is 0. The van der Waals surface area contributed by atoms with Crippen molar-refractivity contribution in [3.05, 3.63) is 0 Å². The highest BCUT2D eigenvalue weighted by atomic mass is 16.5. The van der Waals surface area contributed by atoms with Crippen molar-refractivity contribution in [3.8, 4) is 6.07 Å². The van der Waals surface area contributed by atoms with Gasteiger partial charge in [0.15, 0.2) is 0 Å². The number of nitriles is 1. The van der Waals surface area contributed by atoms with E-state index in [4.69, 9.17) is 10.00 Å². The second-order valence-corrected chi connectivity index (χ2v) is 4.12. The molecule has 1 N–H and O–H groups in total. The van der Waals surface area contributed by atoms with Gasteiger partial charge in [-0.25, -0.2) is 0 Å². The highest BCUT2D eigenvalue weighted by molar-refractivity contribution is 4.99. The average Bonchev–Trinajstić information content (AvgIpc) is 2.19. The maximum atomic E-state index is 8.78. The number of hydrogen-bond acceptors (Lipinski definition) is 4. The number of nitrogens with one attached hydrogen (secondary N) is 1. The lowest BCUT2D eigenvalue weighted by molar-refractivity contribution is 0.0380. The zero-order chi connectivity index (χ0) is 10.4. The van der Waals surface area contributed by atoms with E-state index in [1.165, 1.54) is 0 Å². The summed E-state index contributed by atoms with van der Waals surface area (Å²) in [6.07, 6.45) is 0. The monoisotopic (exact) mass is 197 g/mol. The Morgan fingerprint density at radius 3 is 2.64 bits per heavy atom. The van der Waals surface area contributed by atoms with Gasteiger partial charge in [-0.15, -0.1) is 0 Å². The number of nitrogens with zero attached hydrogens (tertiary/aromatic N) is 2. The Morgan fingerprint density at radius 2 is 2.07 bits per heavy atom. The third kappa shape index (κ3) is 4.05. The summed E-state index contributed by atoms with van der Waals surface area (Å²) >= 11 is 0. The minimum absolute atomic E-state index is 0.410. The molecule has 1 fully saturated rings. The first-order valence-corrected chi connectivity index (χ1v) is 5.10. The highest BCUT2D eigenvalue weighted by Crippen LogP contribution is 1.99. The molecular formula is C10H19N3O. The molecule has 0 aliphatic carbocycles. The van der Waals surface area contributed by atoms with Gasteiger partial charge in [-0.3, -0.25) is 10.2 Å². The zero-order valence-electron chi connectivity index (χ0n) is 9.05. The molecule has 14 heavy (non-hydrogen) atoms. The minimum atomic E-state index is -0.410. The standard InChI is InChI=1S/C10H19N3O/c1-10(2,9-11)12-3-4-13-5-7-14-8-6-13/h12H,3-8H2,1-2H3. The van der Waals surface area contributed by atoms with Crippen LogP contribution in [-0.4, -0.2) is 49.8 Å². The smallest absolute Gasteiger partial charge is 0.101 e. The van der Waals surface area contributed by atoms with E-state index in [-0.39, 0.29) is 0 Å². The van der Waals surface area contributed by atoms with E-state index in [2.05, 4.69) is 16.3 Å². The van der Waals surface area contributed by atoms with Crippen LogP contribution in [0.4, 0.5) is 0 Å². The molecule has 80 valence electrons. The molecule has 0 bridgehead atoms. The zero-order valence-corrected chi connectivity index (χ0v) is 9.05. The maximum absolute atomic E-state index is 8.78. The van der Waals surface area contributed by atoms with Crippen molar-refractivity contribution in [3.63, 3.8) is 0 Å². The molecular weight excluding hydrogens is 178 g/mol. The summed E-state index contributed by atoms with van der Waals surface area (Å²) in [5, 5.41) is 12.0. The van der Waals surface area contributed by atoms with Crippen molar-refractivity contribution < 1.29 is 4.74 Å². The normalized spacial score (nSPS) is 19.2. The van der Waals surface area contributed by atoms with Gasteiger partial charge >= 0.3 is 0 Å². The van der Waals surface area contributed by atoms with Crippen LogP contribution >= 0.6 is 0 Å². The number of rotatable bonds is 4. The van der Waals surface area contributed by atoms with Crippen LogP contribution in [0, 0.1) is 11.3 Å². The first-order valence-electron chi connectivity index (χ1n) is 5.10. The number of hydrogen-bond donors (Lipinski definition) is 1. The lowest BCUT2D eigenvalue weighted by Gasteiger charge is -2.27. The lowest BCUT2D eigenvalue weighted by Crippen LogP contribution is -2.45. The van der Waals surface area contributed by atoms with Gasteiger partial charge in [0.05, 0.1) is 19.3 Å². The van der Waals surface area contributed by atoms with Gasteiger partial charge in [0.1, 0.15) is 5.54 Å².